The molecule has 7 nitrogen and oxygen atoms in total. The molecule has 148 valence electrons. The lowest BCUT2D eigenvalue weighted by Crippen LogP contribution is -2.34. The van der Waals surface area contributed by atoms with Gasteiger partial charge in [-0.2, -0.15) is 5.10 Å². The number of aromatic nitrogens is 1. The van der Waals surface area contributed by atoms with E-state index in [1.165, 1.54) is 6.21 Å². The van der Waals surface area contributed by atoms with Crippen LogP contribution in [-0.4, -0.2) is 36.7 Å². The Bertz CT molecular complexity index is 1080. The molecule has 0 radical (unpaired) electrons. The SMILES string of the molecule is COc1ccc(C(=O)NCC(=O)N/N=C/c2cc3ccc(C)cc3nc2Cl)cc1. The molecule has 0 fully saturated rings. The molecule has 0 atom stereocenters. The molecule has 0 aliphatic heterocycles. The third-order valence-electron chi connectivity index (χ3n) is 4.11. The number of hydrogen-bond donors (Lipinski definition) is 2. The second-order valence-electron chi connectivity index (χ2n) is 6.27. The minimum absolute atomic E-state index is 0.217. The molecule has 1 heterocycles. The first-order valence-corrected chi connectivity index (χ1v) is 9.15. The Morgan fingerprint density at radius 2 is 1.93 bits per heavy atom. The first kappa shape index (κ1) is 20.3. The van der Waals surface area contributed by atoms with Crippen molar-refractivity contribution in [3.63, 3.8) is 0 Å². The van der Waals surface area contributed by atoms with Gasteiger partial charge in [0.2, 0.25) is 0 Å². The Morgan fingerprint density at radius 3 is 2.66 bits per heavy atom. The summed E-state index contributed by atoms with van der Waals surface area (Å²) < 4.78 is 5.04. The molecule has 0 saturated heterocycles. The summed E-state index contributed by atoms with van der Waals surface area (Å²) >= 11 is 6.18. The number of rotatable bonds is 6. The van der Waals surface area contributed by atoms with E-state index in [0.29, 0.717) is 16.9 Å². The molecule has 0 saturated carbocycles. The van der Waals surface area contributed by atoms with Crippen LogP contribution in [0.3, 0.4) is 0 Å². The van der Waals surface area contributed by atoms with Gasteiger partial charge in [-0.1, -0.05) is 23.7 Å². The summed E-state index contributed by atoms with van der Waals surface area (Å²) in [5, 5.41) is 7.61. The first-order valence-electron chi connectivity index (χ1n) is 8.77. The molecule has 2 aromatic carbocycles. The van der Waals surface area contributed by atoms with Gasteiger partial charge in [-0.3, -0.25) is 9.59 Å². The number of nitrogens with zero attached hydrogens (tertiary/aromatic N) is 2. The monoisotopic (exact) mass is 410 g/mol. The minimum Gasteiger partial charge on any atom is -0.497 e. The highest BCUT2D eigenvalue weighted by Crippen LogP contribution is 2.20. The van der Waals surface area contributed by atoms with E-state index in [0.717, 1.165) is 16.5 Å². The largest absolute Gasteiger partial charge is 0.497 e. The number of pyridine rings is 1. The quantitative estimate of drug-likeness (QED) is 0.371. The van der Waals surface area contributed by atoms with Gasteiger partial charge in [0.15, 0.2) is 0 Å². The molecule has 2 amide bonds. The second kappa shape index (κ2) is 9.16. The molecule has 1 aromatic heterocycles. The Hall–Kier alpha value is -3.45. The Kier molecular flexibility index (Phi) is 6.41. The number of methoxy groups -OCH3 is 1. The zero-order valence-electron chi connectivity index (χ0n) is 15.9. The summed E-state index contributed by atoms with van der Waals surface area (Å²) in [4.78, 5) is 28.3. The summed E-state index contributed by atoms with van der Waals surface area (Å²) in [5.74, 6) is -0.196. The Labute approximate surface area is 172 Å². The van der Waals surface area contributed by atoms with Crippen LogP contribution in [0.15, 0.2) is 53.6 Å². The standard InChI is InChI=1S/C21H19ClN4O3/c1-13-3-4-15-10-16(20(22)25-18(15)9-13)11-24-26-19(27)12-23-21(28)14-5-7-17(29-2)8-6-14/h3-11H,12H2,1-2H3,(H,23,28)(H,26,27)/b24-11+. The van der Waals surface area contributed by atoms with Crippen molar-refractivity contribution in [1.29, 1.82) is 0 Å². The normalized spacial score (nSPS) is 10.9. The van der Waals surface area contributed by atoms with Crippen molar-refractivity contribution in [1.82, 2.24) is 15.7 Å². The van der Waals surface area contributed by atoms with Gasteiger partial charge in [-0.05, 0) is 48.9 Å². The van der Waals surface area contributed by atoms with Crippen LogP contribution in [0.25, 0.3) is 10.9 Å². The maximum Gasteiger partial charge on any atom is 0.259 e. The van der Waals surface area contributed by atoms with Crippen molar-refractivity contribution >= 4 is 40.5 Å². The summed E-state index contributed by atoms with van der Waals surface area (Å²) in [6, 6.07) is 14.3. The van der Waals surface area contributed by atoms with Gasteiger partial charge in [-0.15, -0.1) is 0 Å². The number of fused-ring (bicyclic) bond motifs is 1. The molecule has 2 N–H and O–H groups in total. The van der Waals surface area contributed by atoms with E-state index in [2.05, 4.69) is 20.8 Å². The van der Waals surface area contributed by atoms with Crippen molar-refractivity contribution in [2.75, 3.05) is 13.7 Å². The number of nitrogens with one attached hydrogen (secondary N) is 2. The molecule has 3 rings (SSSR count). The van der Waals surface area contributed by atoms with E-state index in [-0.39, 0.29) is 17.6 Å². The van der Waals surface area contributed by atoms with Crippen LogP contribution in [0.2, 0.25) is 5.15 Å². The van der Waals surface area contributed by atoms with Gasteiger partial charge in [0.1, 0.15) is 10.9 Å². The van der Waals surface area contributed by atoms with E-state index in [1.807, 2.05) is 31.2 Å². The first-order chi connectivity index (χ1) is 14.0. The van der Waals surface area contributed by atoms with Crippen molar-refractivity contribution in [2.45, 2.75) is 6.92 Å². The number of aryl methyl sites for hydroxylation is 1. The lowest BCUT2D eigenvalue weighted by molar-refractivity contribution is -0.120. The molecule has 0 aliphatic carbocycles. The predicted molar refractivity (Wildman–Crippen MR) is 113 cm³/mol. The number of hydrazone groups is 1. The van der Waals surface area contributed by atoms with Gasteiger partial charge in [0, 0.05) is 16.5 Å². The average Bonchev–Trinajstić information content (AvgIpc) is 2.72. The summed E-state index contributed by atoms with van der Waals surface area (Å²) in [7, 11) is 1.54. The molecular formula is C21H19ClN4O3. The van der Waals surface area contributed by atoms with Gasteiger partial charge < -0.3 is 10.1 Å². The maximum absolute atomic E-state index is 12.0. The lowest BCUT2D eigenvalue weighted by atomic mass is 10.1. The van der Waals surface area contributed by atoms with Crippen LogP contribution in [-0.2, 0) is 4.79 Å². The zero-order chi connectivity index (χ0) is 20.8. The Balaban J connectivity index is 1.55. The number of hydrogen-bond acceptors (Lipinski definition) is 5. The molecule has 0 aliphatic rings. The van der Waals surface area contributed by atoms with E-state index in [4.69, 9.17) is 16.3 Å². The third-order valence-corrected chi connectivity index (χ3v) is 4.41. The van der Waals surface area contributed by atoms with Gasteiger partial charge in [0.05, 0.1) is 25.4 Å². The highest BCUT2D eigenvalue weighted by Gasteiger charge is 2.08. The third kappa shape index (κ3) is 5.30. The van der Waals surface area contributed by atoms with Crippen molar-refractivity contribution in [3.8, 4) is 5.75 Å². The zero-order valence-corrected chi connectivity index (χ0v) is 16.7. The Morgan fingerprint density at radius 1 is 1.17 bits per heavy atom. The topological polar surface area (TPSA) is 92.7 Å². The van der Waals surface area contributed by atoms with Crippen molar-refractivity contribution in [3.05, 3.63) is 70.4 Å². The molecule has 8 heteroatoms. The number of halogens is 1. The molecule has 3 aromatic rings. The molecule has 0 unspecified atom stereocenters. The highest BCUT2D eigenvalue weighted by molar-refractivity contribution is 6.32. The minimum atomic E-state index is -0.469. The van der Waals surface area contributed by atoms with Crippen molar-refractivity contribution < 1.29 is 14.3 Å². The lowest BCUT2D eigenvalue weighted by Gasteiger charge is -2.05. The maximum atomic E-state index is 12.0. The molecule has 29 heavy (non-hydrogen) atoms. The molecule has 0 bridgehead atoms. The van der Waals surface area contributed by atoms with Gasteiger partial charge in [-0.25, -0.2) is 10.4 Å². The predicted octanol–water partition coefficient (Wildman–Crippen LogP) is 3.09. The van der Waals surface area contributed by atoms with Crippen LogP contribution < -0.4 is 15.5 Å². The fourth-order valence-corrected chi connectivity index (χ4v) is 2.77. The molecular weight excluding hydrogens is 392 g/mol. The fourth-order valence-electron chi connectivity index (χ4n) is 2.58. The second-order valence-corrected chi connectivity index (χ2v) is 6.63. The van der Waals surface area contributed by atoms with Crippen LogP contribution in [0.1, 0.15) is 21.5 Å². The number of ether oxygens (including phenoxy) is 1. The van der Waals surface area contributed by atoms with E-state index < -0.39 is 5.91 Å². The van der Waals surface area contributed by atoms with E-state index >= 15 is 0 Å². The molecule has 0 spiro atoms. The summed E-state index contributed by atoms with van der Waals surface area (Å²) in [6.45, 7) is 1.76. The van der Waals surface area contributed by atoms with Crippen LogP contribution in [0, 0.1) is 6.92 Å². The number of amides is 2. The number of benzene rings is 2. The van der Waals surface area contributed by atoms with Gasteiger partial charge in [0.25, 0.3) is 11.8 Å². The van der Waals surface area contributed by atoms with Crippen LogP contribution in [0.5, 0.6) is 5.75 Å². The summed E-state index contributed by atoms with van der Waals surface area (Å²) in [6.07, 6.45) is 1.41. The number of carbonyl (C=O) groups excluding carboxylic acids is 2. The number of carbonyl (C=O) groups is 2. The highest BCUT2D eigenvalue weighted by atomic mass is 35.5. The van der Waals surface area contributed by atoms with Crippen LogP contribution in [0.4, 0.5) is 0 Å². The average molecular weight is 411 g/mol. The van der Waals surface area contributed by atoms with Gasteiger partial charge >= 0.3 is 0 Å². The summed E-state index contributed by atoms with van der Waals surface area (Å²) in [5.41, 5.74) is 5.23. The fraction of sp³-hybridized carbons (Fsp3) is 0.143. The van der Waals surface area contributed by atoms with Crippen molar-refractivity contribution in [2.24, 2.45) is 5.10 Å². The van der Waals surface area contributed by atoms with E-state index in [9.17, 15) is 9.59 Å². The van der Waals surface area contributed by atoms with Crippen LogP contribution >= 0.6 is 11.6 Å². The van der Waals surface area contributed by atoms with E-state index in [1.54, 1.807) is 31.4 Å². The smallest absolute Gasteiger partial charge is 0.259 e.